The van der Waals surface area contributed by atoms with E-state index in [2.05, 4.69) is 55.4 Å². The molecular formula is C70H136O17P2. The van der Waals surface area contributed by atoms with Crippen molar-refractivity contribution in [1.29, 1.82) is 0 Å². The van der Waals surface area contributed by atoms with Crippen LogP contribution in [0, 0.1) is 23.7 Å². The maximum atomic E-state index is 13.0. The van der Waals surface area contributed by atoms with E-state index in [1.165, 1.54) is 141 Å². The molecule has 0 spiro atoms. The average molecular weight is 1310 g/mol. The second kappa shape index (κ2) is 59.8. The van der Waals surface area contributed by atoms with E-state index in [9.17, 15) is 43.2 Å². The molecule has 0 aliphatic carbocycles. The van der Waals surface area contributed by atoms with E-state index in [0.29, 0.717) is 31.6 Å². The van der Waals surface area contributed by atoms with Crippen LogP contribution in [0.3, 0.4) is 0 Å². The Bertz CT molecular complexity index is 1770. The molecule has 19 heteroatoms. The van der Waals surface area contributed by atoms with Crippen molar-refractivity contribution in [3.63, 3.8) is 0 Å². The fraction of sp³-hybridized carbons (Fsp3) is 0.943. The molecule has 0 radical (unpaired) electrons. The third-order valence-corrected chi connectivity index (χ3v) is 18.3. The summed E-state index contributed by atoms with van der Waals surface area (Å²) in [5.41, 5.74) is 0. The number of esters is 4. The van der Waals surface area contributed by atoms with E-state index in [0.717, 1.165) is 114 Å². The zero-order chi connectivity index (χ0) is 66.1. The van der Waals surface area contributed by atoms with Gasteiger partial charge in [0.05, 0.1) is 26.4 Å². The first kappa shape index (κ1) is 87.1. The first-order valence-electron chi connectivity index (χ1n) is 36.2. The predicted molar refractivity (Wildman–Crippen MR) is 358 cm³/mol. The number of aliphatic hydroxyl groups is 1. The van der Waals surface area contributed by atoms with Gasteiger partial charge < -0.3 is 33.8 Å². The van der Waals surface area contributed by atoms with Gasteiger partial charge in [-0.3, -0.25) is 37.3 Å². The van der Waals surface area contributed by atoms with Gasteiger partial charge >= 0.3 is 39.5 Å². The lowest BCUT2D eigenvalue weighted by Crippen LogP contribution is -2.30. The Labute approximate surface area is 543 Å². The molecule has 17 nitrogen and oxygen atoms in total. The van der Waals surface area contributed by atoms with Gasteiger partial charge in [0.2, 0.25) is 0 Å². The van der Waals surface area contributed by atoms with Crippen LogP contribution in [0.4, 0.5) is 0 Å². The van der Waals surface area contributed by atoms with E-state index in [1.807, 2.05) is 0 Å². The summed E-state index contributed by atoms with van der Waals surface area (Å²) in [6.07, 6.45) is 41.7. The second-order valence-corrected chi connectivity index (χ2v) is 29.8. The van der Waals surface area contributed by atoms with Gasteiger partial charge in [0, 0.05) is 25.7 Å². The van der Waals surface area contributed by atoms with Crippen molar-refractivity contribution in [3.8, 4) is 0 Å². The van der Waals surface area contributed by atoms with Crippen LogP contribution in [0.1, 0.15) is 344 Å². The normalized spacial score (nSPS) is 14.6. The van der Waals surface area contributed by atoms with Crippen molar-refractivity contribution in [2.45, 2.75) is 363 Å². The Morgan fingerprint density at radius 1 is 0.315 bits per heavy atom. The number of hydrogen-bond acceptors (Lipinski definition) is 15. The van der Waals surface area contributed by atoms with Gasteiger partial charge in [0.25, 0.3) is 0 Å². The topological polar surface area (TPSA) is 237 Å². The van der Waals surface area contributed by atoms with Crippen molar-refractivity contribution < 1.29 is 80.2 Å². The molecule has 0 aromatic carbocycles. The highest BCUT2D eigenvalue weighted by Crippen LogP contribution is 2.45. The van der Waals surface area contributed by atoms with Crippen molar-refractivity contribution in [1.82, 2.24) is 0 Å². The summed E-state index contributed by atoms with van der Waals surface area (Å²) in [5.74, 6) is 0.855. The van der Waals surface area contributed by atoms with Crippen LogP contribution in [0.25, 0.3) is 0 Å². The second-order valence-electron chi connectivity index (χ2n) is 26.9. The van der Waals surface area contributed by atoms with Gasteiger partial charge in [0.1, 0.15) is 19.3 Å². The van der Waals surface area contributed by atoms with Gasteiger partial charge in [0.15, 0.2) is 12.2 Å². The van der Waals surface area contributed by atoms with Crippen LogP contribution < -0.4 is 0 Å². The number of phosphoric acid groups is 2. The highest BCUT2D eigenvalue weighted by atomic mass is 31.2. The molecule has 0 saturated carbocycles. The number of carbonyl (C=O) groups is 4. The van der Waals surface area contributed by atoms with Gasteiger partial charge in [-0.2, -0.15) is 0 Å². The van der Waals surface area contributed by atoms with Crippen LogP contribution in [0.5, 0.6) is 0 Å². The number of rotatable bonds is 67. The van der Waals surface area contributed by atoms with Crippen molar-refractivity contribution >= 4 is 39.5 Å². The molecule has 0 aromatic heterocycles. The average Bonchev–Trinajstić information content (AvgIpc) is 3.53. The molecule has 0 aliphatic heterocycles. The summed E-state index contributed by atoms with van der Waals surface area (Å²) in [4.78, 5) is 72.5. The molecule has 0 aliphatic rings. The van der Waals surface area contributed by atoms with E-state index in [1.54, 1.807) is 0 Å². The first-order valence-corrected chi connectivity index (χ1v) is 39.2. The van der Waals surface area contributed by atoms with Gasteiger partial charge in [-0.25, -0.2) is 9.13 Å². The molecule has 3 N–H and O–H groups in total. The van der Waals surface area contributed by atoms with E-state index < -0.39 is 97.5 Å². The fourth-order valence-corrected chi connectivity index (χ4v) is 12.0. The maximum absolute atomic E-state index is 13.0. The molecule has 0 amide bonds. The first-order chi connectivity index (χ1) is 42.6. The third-order valence-electron chi connectivity index (χ3n) is 16.4. The number of hydrogen-bond donors (Lipinski definition) is 3. The van der Waals surface area contributed by atoms with E-state index in [4.69, 9.17) is 37.0 Å². The molecule has 528 valence electrons. The standard InChI is InChI=1S/C70H136O17P2/c1-9-63(8)49-41-33-24-20-21-25-34-42-50-67(72)80-56-65(86-69(74)52-44-36-26-18-13-11-10-12-16-22-30-38-46-60(2)3)58-84-88(76,77)82-54-64(71)55-83-89(78,79)85-59-66(57-81-68(73)51-43-35-29-28-32-40-48-62(6)7)87-70(75)53-45-37-27-19-15-14-17-23-31-39-47-61(4)5/h60-66,71H,9-59H2,1-8H3,(H,76,77)(H,78,79)/t63?,64-,65-,66-/m1/s1. The summed E-state index contributed by atoms with van der Waals surface area (Å²) in [6.45, 7) is 14.1. The summed E-state index contributed by atoms with van der Waals surface area (Å²) in [6, 6.07) is 0. The molecule has 0 bridgehead atoms. The number of ether oxygens (including phenoxy) is 4. The molecule has 0 rings (SSSR count). The summed E-state index contributed by atoms with van der Waals surface area (Å²) >= 11 is 0. The molecule has 89 heavy (non-hydrogen) atoms. The summed E-state index contributed by atoms with van der Waals surface area (Å²) in [5, 5.41) is 10.6. The van der Waals surface area contributed by atoms with Gasteiger partial charge in [-0.15, -0.1) is 0 Å². The summed E-state index contributed by atoms with van der Waals surface area (Å²) in [7, 11) is -9.90. The Kier molecular flexibility index (Phi) is 58.5. The third kappa shape index (κ3) is 63.2. The maximum Gasteiger partial charge on any atom is 0.472 e. The van der Waals surface area contributed by atoms with Crippen LogP contribution in [0.2, 0.25) is 0 Å². The van der Waals surface area contributed by atoms with Gasteiger partial charge in [-0.05, 0) is 49.4 Å². The minimum absolute atomic E-state index is 0.104. The lowest BCUT2D eigenvalue weighted by Gasteiger charge is -2.21. The number of unbranched alkanes of at least 4 members (excludes halogenated alkanes) is 32. The molecule has 0 aromatic rings. The van der Waals surface area contributed by atoms with Crippen LogP contribution in [-0.2, 0) is 65.4 Å². The predicted octanol–water partition coefficient (Wildman–Crippen LogP) is 19.7. The Morgan fingerprint density at radius 2 is 0.539 bits per heavy atom. The zero-order valence-corrected chi connectivity index (χ0v) is 59.8. The fourth-order valence-electron chi connectivity index (χ4n) is 10.5. The molecule has 0 fully saturated rings. The highest BCUT2D eigenvalue weighted by Gasteiger charge is 2.30. The Balaban J connectivity index is 5.26. The minimum Gasteiger partial charge on any atom is -0.462 e. The molecule has 6 atom stereocenters. The molecule has 0 heterocycles. The van der Waals surface area contributed by atoms with E-state index in [-0.39, 0.29) is 25.7 Å². The van der Waals surface area contributed by atoms with Crippen LogP contribution in [0.15, 0.2) is 0 Å². The molecular weight excluding hydrogens is 1170 g/mol. The van der Waals surface area contributed by atoms with Crippen LogP contribution >= 0.6 is 15.6 Å². The molecule has 3 unspecified atom stereocenters. The van der Waals surface area contributed by atoms with Crippen molar-refractivity contribution in [2.24, 2.45) is 23.7 Å². The Hall–Kier alpha value is -1.94. The Morgan fingerprint density at radius 3 is 0.798 bits per heavy atom. The monoisotopic (exact) mass is 1310 g/mol. The quantitative estimate of drug-likeness (QED) is 0.0222. The lowest BCUT2D eigenvalue weighted by molar-refractivity contribution is -0.161. The number of phosphoric ester groups is 2. The lowest BCUT2D eigenvalue weighted by atomic mass is 9.99. The largest absolute Gasteiger partial charge is 0.472 e. The van der Waals surface area contributed by atoms with Gasteiger partial charge in [-0.1, -0.05) is 293 Å². The zero-order valence-electron chi connectivity index (χ0n) is 58.1. The number of aliphatic hydroxyl groups excluding tert-OH is 1. The summed E-state index contributed by atoms with van der Waals surface area (Å²) < 4.78 is 68.3. The van der Waals surface area contributed by atoms with E-state index >= 15 is 0 Å². The minimum atomic E-state index is -4.95. The van der Waals surface area contributed by atoms with Crippen LogP contribution in [-0.4, -0.2) is 96.7 Å². The highest BCUT2D eigenvalue weighted by molar-refractivity contribution is 7.47. The van der Waals surface area contributed by atoms with Crippen molar-refractivity contribution in [2.75, 3.05) is 39.6 Å². The smallest absolute Gasteiger partial charge is 0.462 e. The molecule has 0 saturated heterocycles. The SMILES string of the molecule is CCC(C)CCCCCCCCCCC(=O)OC[C@H](COP(=O)(O)OC[C@@H](O)COP(=O)(O)OC[C@@H](COC(=O)CCCCCCCCC(C)C)OC(=O)CCCCCCCCCCCCC(C)C)OC(=O)CCCCCCCCCCCCCCC(C)C. The number of carbonyl (C=O) groups excluding carboxylic acids is 4. The van der Waals surface area contributed by atoms with Crippen molar-refractivity contribution in [3.05, 3.63) is 0 Å².